The van der Waals surface area contributed by atoms with Gasteiger partial charge in [-0.25, -0.2) is 8.42 Å². The average molecular weight is 409 g/mol. The minimum Gasteiger partial charge on any atom is -0.347 e. The molecule has 0 spiro atoms. The minimum atomic E-state index is -3.54. The Kier molecular flexibility index (Phi) is 4.93. The fraction of sp³-hybridized carbons (Fsp3) is 0.0476. The molecule has 1 N–H and O–H groups in total. The first kappa shape index (κ1) is 18.3. The molecule has 0 aliphatic rings. The van der Waals surface area contributed by atoms with Crippen LogP contribution in [0.25, 0.3) is 10.2 Å². The highest BCUT2D eigenvalue weighted by Crippen LogP contribution is 2.24. The summed E-state index contributed by atoms with van der Waals surface area (Å²) in [5.74, 6) is -0.177. The van der Waals surface area contributed by atoms with Crippen LogP contribution in [-0.4, -0.2) is 19.3 Å². The van der Waals surface area contributed by atoms with Crippen molar-refractivity contribution in [1.29, 1.82) is 0 Å². The van der Waals surface area contributed by atoms with Gasteiger partial charge in [-0.15, -0.1) is 11.3 Å². The second-order valence-electron chi connectivity index (χ2n) is 6.14. The Morgan fingerprint density at radius 3 is 2.36 bits per heavy atom. The zero-order valence-corrected chi connectivity index (χ0v) is 16.3. The number of fused-ring (bicyclic) bond motifs is 1. The SMILES string of the molecule is O=C(NCc1ccc(S(=O)(=O)c2ccccc2)cc1)c1cc2ncccc2s1. The molecule has 4 aromatic rings. The Morgan fingerprint density at radius 1 is 0.929 bits per heavy atom. The van der Waals surface area contributed by atoms with Crippen LogP contribution in [0.15, 0.2) is 88.8 Å². The van der Waals surface area contributed by atoms with Gasteiger partial charge in [0.2, 0.25) is 9.84 Å². The molecule has 0 saturated heterocycles. The number of sulfone groups is 1. The summed E-state index contributed by atoms with van der Waals surface area (Å²) < 4.78 is 26.2. The zero-order valence-electron chi connectivity index (χ0n) is 14.7. The minimum absolute atomic E-state index is 0.177. The van der Waals surface area contributed by atoms with Gasteiger partial charge in [0.1, 0.15) is 0 Å². The summed E-state index contributed by atoms with van der Waals surface area (Å²) >= 11 is 1.39. The molecular formula is C21H16N2O3S2. The van der Waals surface area contributed by atoms with Crippen molar-refractivity contribution in [2.45, 2.75) is 16.3 Å². The van der Waals surface area contributed by atoms with Crippen molar-refractivity contribution in [3.8, 4) is 0 Å². The highest BCUT2D eigenvalue weighted by molar-refractivity contribution is 7.91. The number of hydrogen-bond acceptors (Lipinski definition) is 5. The number of aromatic nitrogens is 1. The summed E-state index contributed by atoms with van der Waals surface area (Å²) in [5, 5.41) is 2.86. The smallest absolute Gasteiger partial charge is 0.261 e. The average Bonchev–Trinajstić information content (AvgIpc) is 3.17. The molecule has 2 aromatic carbocycles. The summed E-state index contributed by atoms with van der Waals surface area (Å²) in [7, 11) is -3.54. The maximum Gasteiger partial charge on any atom is 0.261 e. The first-order chi connectivity index (χ1) is 13.5. The molecule has 0 unspecified atom stereocenters. The molecule has 2 heterocycles. The highest BCUT2D eigenvalue weighted by Gasteiger charge is 2.17. The van der Waals surface area contributed by atoms with E-state index < -0.39 is 9.84 Å². The lowest BCUT2D eigenvalue weighted by atomic mass is 10.2. The molecule has 2 aromatic heterocycles. The number of nitrogens with one attached hydrogen (secondary N) is 1. The van der Waals surface area contributed by atoms with Gasteiger partial charge in [-0.2, -0.15) is 0 Å². The van der Waals surface area contributed by atoms with E-state index in [0.717, 1.165) is 15.8 Å². The van der Waals surface area contributed by atoms with E-state index in [1.807, 2.05) is 12.1 Å². The number of benzene rings is 2. The lowest BCUT2D eigenvalue weighted by molar-refractivity contribution is 0.0955. The van der Waals surface area contributed by atoms with Gasteiger partial charge in [-0.1, -0.05) is 30.3 Å². The van der Waals surface area contributed by atoms with Gasteiger partial charge in [0.15, 0.2) is 0 Å². The van der Waals surface area contributed by atoms with Crippen molar-refractivity contribution in [2.24, 2.45) is 0 Å². The molecule has 1 amide bonds. The Hall–Kier alpha value is -3.03. The standard InChI is InChI=1S/C21H16N2O3S2/c24-21(20-13-18-19(27-20)7-4-12-22-18)23-14-15-8-10-17(11-9-15)28(25,26)16-5-2-1-3-6-16/h1-13H,14H2,(H,23,24). The Balaban J connectivity index is 1.45. The van der Waals surface area contributed by atoms with Gasteiger partial charge in [-0.3, -0.25) is 9.78 Å². The van der Waals surface area contributed by atoms with Crippen molar-refractivity contribution in [3.63, 3.8) is 0 Å². The normalized spacial score (nSPS) is 11.4. The number of rotatable bonds is 5. The second kappa shape index (κ2) is 7.53. The van der Waals surface area contributed by atoms with Crippen molar-refractivity contribution in [3.05, 3.63) is 89.4 Å². The molecule has 0 saturated carbocycles. The molecule has 7 heteroatoms. The fourth-order valence-corrected chi connectivity index (χ4v) is 4.99. The zero-order chi connectivity index (χ0) is 19.6. The van der Waals surface area contributed by atoms with Gasteiger partial charge >= 0.3 is 0 Å². The third-order valence-electron chi connectivity index (χ3n) is 4.25. The number of pyridine rings is 1. The van der Waals surface area contributed by atoms with Crippen molar-refractivity contribution in [1.82, 2.24) is 10.3 Å². The third kappa shape index (κ3) is 3.67. The van der Waals surface area contributed by atoms with E-state index >= 15 is 0 Å². The summed E-state index contributed by atoms with van der Waals surface area (Å²) in [6.07, 6.45) is 1.70. The Morgan fingerprint density at radius 2 is 1.64 bits per heavy atom. The summed E-state index contributed by atoms with van der Waals surface area (Å²) in [4.78, 5) is 17.7. The first-order valence-corrected chi connectivity index (χ1v) is 10.9. The number of thiophene rings is 1. The highest BCUT2D eigenvalue weighted by atomic mass is 32.2. The maximum absolute atomic E-state index is 12.6. The van der Waals surface area contributed by atoms with Crippen molar-refractivity contribution in [2.75, 3.05) is 0 Å². The lowest BCUT2D eigenvalue weighted by Crippen LogP contribution is -2.21. The van der Waals surface area contributed by atoms with Gasteiger partial charge in [0.05, 0.1) is 24.9 Å². The van der Waals surface area contributed by atoms with E-state index in [-0.39, 0.29) is 15.7 Å². The maximum atomic E-state index is 12.6. The molecule has 0 fully saturated rings. The van der Waals surface area contributed by atoms with Crippen LogP contribution in [0, 0.1) is 0 Å². The van der Waals surface area contributed by atoms with E-state index in [1.54, 1.807) is 66.9 Å². The van der Waals surface area contributed by atoms with Crippen LogP contribution in [0.5, 0.6) is 0 Å². The number of amides is 1. The number of carbonyl (C=O) groups excluding carboxylic acids is 1. The molecule has 5 nitrogen and oxygen atoms in total. The molecule has 4 rings (SSSR count). The Bertz CT molecular complexity index is 1200. The van der Waals surface area contributed by atoms with Gasteiger partial charge in [-0.05, 0) is 48.0 Å². The number of carbonyl (C=O) groups is 1. The summed E-state index contributed by atoms with van der Waals surface area (Å²) in [5.41, 5.74) is 1.62. The molecule has 0 aliphatic heterocycles. The lowest BCUT2D eigenvalue weighted by Gasteiger charge is -2.07. The van der Waals surface area contributed by atoms with Crippen LogP contribution in [0.1, 0.15) is 15.2 Å². The van der Waals surface area contributed by atoms with Crippen molar-refractivity contribution < 1.29 is 13.2 Å². The first-order valence-electron chi connectivity index (χ1n) is 8.56. The van der Waals surface area contributed by atoms with Crippen LogP contribution in [0.4, 0.5) is 0 Å². The Labute approximate surface area is 166 Å². The fourth-order valence-electron chi connectivity index (χ4n) is 2.77. The molecule has 0 bridgehead atoms. The van der Waals surface area contributed by atoms with Crippen LogP contribution < -0.4 is 5.32 Å². The predicted molar refractivity (Wildman–Crippen MR) is 109 cm³/mol. The van der Waals surface area contributed by atoms with Gasteiger partial charge in [0, 0.05) is 12.7 Å². The number of hydrogen-bond donors (Lipinski definition) is 1. The van der Waals surface area contributed by atoms with Gasteiger partial charge < -0.3 is 5.32 Å². The van der Waals surface area contributed by atoms with Crippen LogP contribution >= 0.6 is 11.3 Å². The van der Waals surface area contributed by atoms with Crippen LogP contribution in [0.3, 0.4) is 0 Å². The van der Waals surface area contributed by atoms with E-state index in [0.29, 0.717) is 11.4 Å². The van der Waals surface area contributed by atoms with Crippen LogP contribution in [-0.2, 0) is 16.4 Å². The molecular weight excluding hydrogens is 392 g/mol. The monoisotopic (exact) mass is 408 g/mol. The third-order valence-corrected chi connectivity index (χ3v) is 7.13. The number of nitrogens with zero attached hydrogens (tertiary/aromatic N) is 1. The predicted octanol–water partition coefficient (Wildman–Crippen LogP) is 4.06. The molecule has 140 valence electrons. The molecule has 0 atom stereocenters. The van der Waals surface area contributed by atoms with E-state index in [1.165, 1.54) is 11.3 Å². The van der Waals surface area contributed by atoms with Crippen molar-refractivity contribution >= 4 is 37.3 Å². The van der Waals surface area contributed by atoms with Crippen LogP contribution in [0.2, 0.25) is 0 Å². The molecule has 0 radical (unpaired) electrons. The molecule has 0 aliphatic carbocycles. The van der Waals surface area contributed by atoms with Gasteiger partial charge in [0.25, 0.3) is 5.91 Å². The summed E-state index contributed by atoms with van der Waals surface area (Å²) in [6.45, 7) is 0.312. The quantitative estimate of drug-likeness (QED) is 0.540. The largest absolute Gasteiger partial charge is 0.347 e. The van der Waals surface area contributed by atoms with E-state index in [2.05, 4.69) is 10.3 Å². The molecule has 28 heavy (non-hydrogen) atoms. The van der Waals surface area contributed by atoms with E-state index in [9.17, 15) is 13.2 Å². The summed E-state index contributed by atoms with van der Waals surface area (Å²) in [6, 6.07) is 20.4. The topological polar surface area (TPSA) is 76.1 Å². The second-order valence-corrected chi connectivity index (χ2v) is 9.17. The van der Waals surface area contributed by atoms with E-state index in [4.69, 9.17) is 0 Å².